The van der Waals surface area contributed by atoms with Gasteiger partial charge in [0.25, 0.3) is 0 Å². The maximum absolute atomic E-state index is 12.4. The Morgan fingerprint density at radius 3 is 2.17 bits per heavy atom. The molecule has 0 fully saturated rings. The van der Waals surface area contributed by atoms with Crippen LogP contribution in [0.3, 0.4) is 0 Å². The molecule has 4 nitrogen and oxygen atoms in total. The van der Waals surface area contributed by atoms with Gasteiger partial charge in [-0.25, -0.2) is 9.59 Å². The molecule has 0 spiro atoms. The summed E-state index contributed by atoms with van der Waals surface area (Å²) in [4.78, 5) is 24.8. The third kappa shape index (κ3) is 4.57. The molecule has 0 radical (unpaired) electrons. The highest BCUT2D eigenvalue weighted by atomic mass is 16.5. The quantitative estimate of drug-likeness (QED) is 0.785. The van der Waals surface area contributed by atoms with Crippen LogP contribution in [0, 0.1) is 0 Å². The van der Waals surface area contributed by atoms with E-state index >= 15 is 0 Å². The maximum Gasteiger partial charge on any atom is 0.339 e. The van der Waals surface area contributed by atoms with E-state index in [0.29, 0.717) is 24.3 Å². The van der Waals surface area contributed by atoms with Gasteiger partial charge in [0.2, 0.25) is 0 Å². The largest absolute Gasteiger partial charge is 0.462 e. The monoisotopic (exact) mass is 318 g/mol. The third-order valence-corrected chi connectivity index (χ3v) is 4.17. The van der Waals surface area contributed by atoms with Gasteiger partial charge in [-0.2, -0.15) is 0 Å². The van der Waals surface area contributed by atoms with E-state index in [-0.39, 0.29) is 0 Å². The lowest BCUT2D eigenvalue weighted by Gasteiger charge is -2.17. The van der Waals surface area contributed by atoms with Gasteiger partial charge in [0, 0.05) is 0 Å². The number of ether oxygens (including phenoxy) is 2. The molecule has 0 unspecified atom stereocenters. The minimum absolute atomic E-state index is 0.292. The number of fused-ring (bicyclic) bond motifs is 2. The van der Waals surface area contributed by atoms with Crippen LogP contribution in [0.15, 0.2) is 12.1 Å². The molecule has 0 N–H and O–H groups in total. The van der Waals surface area contributed by atoms with Crippen LogP contribution in [0.5, 0.6) is 0 Å². The molecule has 0 heterocycles. The lowest BCUT2D eigenvalue weighted by molar-refractivity contribution is 0.0477. The maximum atomic E-state index is 12.4. The predicted molar refractivity (Wildman–Crippen MR) is 88.8 cm³/mol. The van der Waals surface area contributed by atoms with E-state index in [9.17, 15) is 9.59 Å². The Morgan fingerprint density at radius 1 is 0.870 bits per heavy atom. The molecule has 0 atom stereocenters. The topological polar surface area (TPSA) is 52.6 Å². The van der Waals surface area contributed by atoms with Gasteiger partial charge < -0.3 is 9.47 Å². The van der Waals surface area contributed by atoms with Gasteiger partial charge in [-0.15, -0.1) is 0 Å². The highest BCUT2D eigenvalue weighted by molar-refractivity contribution is 6.04. The molecule has 4 heteroatoms. The SMILES string of the molecule is CCOC(=O)c1cc2cc(c1C(=O)OCC)CCCCCCC2. The number of hydrogen-bond acceptors (Lipinski definition) is 4. The summed E-state index contributed by atoms with van der Waals surface area (Å²) in [6.45, 7) is 4.13. The van der Waals surface area contributed by atoms with Crippen LogP contribution >= 0.6 is 0 Å². The first-order valence-corrected chi connectivity index (χ1v) is 8.67. The Labute approximate surface area is 138 Å². The molecule has 126 valence electrons. The van der Waals surface area contributed by atoms with E-state index in [2.05, 4.69) is 6.07 Å². The van der Waals surface area contributed by atoms with Crippen molar-refractivity contribution in [1.82, 2.24) is 0 Å². The summed E-state index contributed by atoms with van der Waals surface area (Å²) in [7, 11) is 0. The molecule has 0 amide bonds. The van der Waals surface area contributed by atoms with Crippen LogP contribution in [0.1, 0.15) is 77.8 Å². The first kappa shape index (κ1) is 17.5. The lowest BCUT2D eigenvalue weighted by Crippen LogP contribution is -2.18. The molecule has 0 aromatic heterocycles. The molecule has 0 saturated heterocycles. The fraction of sp³-hybridized carbons (Fsp3) is 0.579. The minimum Gasteiger partial charge on any atom is -0.462 e. The van der Waals surface area contributed by atoms with E-state index in [1.54, 1.807) is 13.8 Å². The molecule has 2 rings (SSSR count). The smallest absolute Gasteiger partial charge is 0.339 e. The van der Waals surface area contributed by atoms with Crippen LogP contribution in [0.2, 0.25) is 0 Å². The predicted octanol–water partition coefficient (Wildman–Crippen LogP) is 4.09. The summed E-state index contributed by atoms with van der Waals surface area (Å²) in [6.07, 6.45) is 7.46. The van der Waals surface area contributed by atoms with Crippen molar-refractivity contribution in [3.63, 3.8) is 0 Å². The van der Waals surface area contributed by atoms with Gasteiger partial charge >= 0.3 is 11.9 Å². The number of carbonyl (C=O) groups excluding carboxylic acids is 2. The molecule has 1 aliphatic carbocycles. The van der Waals surface area contributed by atoms with E-state index < -0.39 is 11.9 Å². The van der Waals surface area contributed by atoms with Crippen molar-refractivity contribution in [3.05, 3.63) is 34.4 Å². The molecular weight excluding hydrogens is 292 g/mol. The van der Waals surface area contributed by atoms with Crippen LogP contribution < -0.4 is 0 Å². The molecule has 2 bridgehead atoms. The van der Waals surface area contributed by atoms with Crippen LogP contribution in [-0.4, -0.2) is 25.2 Å². The number of carbonyl (C=O) groups is 2. The number of hydrogen-bond donors (Lipinski definition) is 0. The first-order valence-electron chi connectivity index (χ1n) is 8.67. The molecule has 23 heavy (non-hydrogen) atoms. The standard InChI is InChI=1S/C19H26O4/c1-3-22-18(20)16-13-14-10-8-6-5-7-9-11-15(12-14)17(16)19(21)23-4-2/h12-13H,3-11H2,1-2H3. The summed E-state index contributed by atoms with van der Waals surface area (Å²) in [5.74, 6) is -0.857. The zero-order valence-electron chi connectivity index (χ0n) is 14.2. The van der Waals surface area contributed by atoms with Gasteiger partial charge in [0.05, 0.1) is 24.3 Å². The van der Waals surface area contributed by atoms with E-state index in [0.717, 1.165) is 43.2 Å². The van der Waals surface area contributed by atoms with Crippen molar-refractivity contribution in [1.29, 1.82) is 0 Å². The molecule has 0 saturated carbocycles. The van der Waals surface area contributed by atoms with Crippen molar-refractivity contribution < 1.29 is 19.1 Å². The van der Waals surface area contributed by atoms with Crippen LogP contribution in [0.4, 0.5) is 0 Å². The Hall–Kier alpha value is -1.84. The third-order valence-electron chi connectivity index (χ3n) is 4.17. The molecule has 1 aliphatic rings. The fourth-order valence-electron chi connectivity index (χ4n) is 3.10. The van der Waals surface area contributed by atoms with Crippen molar-refractivity contribution >= 4 is 11.9 Å². The van der Waals surface area contributed by atoms with Crippen molar-refractivity contribution in [2.24, 2.45) is 0 Å². The number of rotatable bonds is 4. The molecular formula is C19H26O4. The molecule has 1 aromatic rings. The van der Waals surface area contributed by atoms with Gasteiger partial charge in [0.1, 0.15) is 0 Å². The van der Waals surface area contributed by atoms with Gasteiger partial charge in [-0.05, 0) is 56.7 Å². The first-order chi connectivity index (χ1) is 11.2. The summed E-state index contributed by atoms with van der Waals surface area (Å²) < 4.78 is 10.3. The molecule has 0 aliphatic heterocycles. The zero-order valence-corrected chi connectivity index (χ0v) is 14.2. The summed E-state index contributed by atoms with van der Waals surface area (Å²) >= 11 is 0. The number of aryl methyl sites for hydroxylation is 2. The van der Waals surface area contributed by atoms with Gasteiger partial charge in [-0.1, -0.05) is 25.3 Å². The van der Waals surface area contributed by atoms with Crippen molar-refractivity contribution in [2.45, 2.75) is 58.8 Å². The number of benzene rings is 1. The Kier molecular flexibility index (Phi) is 6.63. The average molecular weight is 318 g/mol. The van der Waals surface area contributed by atoms with Gasteiger partial charge in [0.15, 0.2) is 0 Å². The Morgan fingerprint density at radius 2 is 1.48 bits per heavy atom. The van der Waals surface area contributed by atoms with E-state index in [4.69, 9.17) is 9.47 Å². The van der Waals surface area contributed by atoms with E-state index in [1.165, 1.54) is 12.8 Å². The fourth-order valence-corrected chi connectivity index (χ4v) is 3.10. The Bertz CT molecular complexity index is 563. The second kappa shape index (κ2) is 8.70. The Balaban J connectivity index is 2.50. The highest BCUT2D eigenvalue weighted by Gasteiger charge is 2.24. The van der Waals surface area contributed by atoms with Gasteiger partial charge in [-0.3, -0.25) is 0 Å². The summed E-state index contributed by atoms with van der Waals surface area (Å²) in [5, 5.41) is 0. The zero-order chi connectivity index (χ0) is 16.7. The summed E-state index contributed by atoms with van der Waals surface area (Å²) in [5.41, 5.74) is 2.79. The van der Waals surface area contributed by atoms with Crippen molar-refractivity contribution in [3.8, 4) is 0 Å². The van der Waals surface area contributed by atoms with Crippen molar-refractivity contribution in [2.75, 3.05) is 13.2 Å². The van der Waals surface area contributed by atoms with Crippen LogP contribution in [-0.2, 0) is 22.3 Å². The minimum atomic E-state index is -0.435. The van der Waals surface area contributed by atoms with E-state index in [1.807, 2.05) is 6.07 Å². The second-order valence-corrected chi connectivity index (χ2v) is 5.89. The highest BCUT2D eigenvalue weighted by Crippen LogP contribution is 2.25. The normalized spacial score (nSPS) is 14.9. The number of esters is 2. The second-order valence-electron chi connectivity index (χ2n) is 5.89. The average Bonchev–Trinajstić information content (AvgIpc) is 2.53. The lowest BCUT2D eigenvalue weighted by atomic mass is 9.90. The van der Waals surface area contributed by atoms with Crippen LogP contribution in [0.25, 0.3) is 0 Å². The summed E-state index contributed by atoms with van der Waals surface area (Å²) in [6, 6.07) is 3.88. The molecule has 1 aromatic carbocycles.